The van der Waals surface area contributed by atoms with E-state index in [1.54, 1.807) is 6.08 Å². The van der Waals surface area contributed by atoms with Crippen molar-refractivity contribution in [2.45, 2.75) is 392 Å². The Labute approximate surface area is 469 Å². The summed E-state index contributed by atoms with van der Waals surface area (Å²) in [5, 5.41) is 23.2. The van der Waals surface area contributed by atoms with Crippen LogP contribution in [0.15, 0.2) is 24.3 Å². The molecule has 0 rings (SSSR count). The van der Waals surface area contributed by atoms with E-state index >= 15 is 0 Å². The topological polar surface area (TPSA) is 95.9 Å². The predicted octanol–water partition coefficient (Wildman–Crippen LogP) is 21.8. The summed E-state index contributed by atoms with van der Waals surface area (Å²) in [7, 11) is 0. The SMILES string of the molecule is CCCCCC/C=C\CCCCCCCC(=O)OCCCCCCCCCCCCCCCCCCCCCCCCCCCCCCC(=O)NC(CO)C(O)/C=C/CCCCCCCCCCCCCCCCC. The minimum absolute atomic E-state index is 0.00964. The molecular weight excluding hydrogens is 923 g/mol. The molecule has 0 heterocycles. The van der Waals surface area contributed by atoms with Crippen LogP contribution in [0.5, 0.6) is 0 Å². The first kappa shape index (κ1) is 73.3. The number of allylic oxidation sites excluding steroid dienone is 3. The molecule has 0 aliphatic heterocycles. The molecule has 1 amide bonds. The number of ether oxygens (including phenoxy) is 1. The van der Waals surface area contributed by atoms with Crippen LogP contribution in [0.3, 0.4) is 0 Å². The minimum atomic E-state index is -0.842. The largest absolute Gasteiger partial charge is 0.466 e. The zero-order chi connectivity index (χ0) is 54.3. The first-order valence-corrected chi connectivity index (χ1v) is 34.1. The maximum atomic E-state index is 12.5. The van der Waals surface area contributed by atoms with E-state index in [4.69, 9.17) is 4.74 Å². The summed E-state index contributed by atoms with van der Waals surface area (Å²) < 4.78 is 5.48. The molecule has 0 radical (unpaired) electrons. The fourth-order valence-corrected chi connectivity index (χ4v) is 10.7. The summed E-state index contributed by atoms with van der Waals surface area (Å²) in [6, 6.07) is -0.625. The Bertz CT molecular complexity index is 1170. The molecule has 0 saturated heterocycles. The van der Waals surface area contributed by atoms with Gasteiger partial charge in [-0.05, 0) is 57.8 Å². The fraction of sp³-hybridized carbons (Fsp3) is 0.913. The predicted molar refractivity (Wildman–Crippen MR) is 329 cm³/mol. The number of esters is 1. The first-order chi connectivity index (χ1) is 37.0. The zero-order valence-corrected chi connectivity index (χ0v) is 50.8. The summed E-state index contributed by atoms with van der Waals surface area (Å²) in [6.07, 6.45) is 81.1. The maximum absolute atomic E-state index is 12.5. The summed E-state index contributed by atoms with van der Waals surface area (Å²) >= 11 is 0. The van der Waals surface area contributed by atoms with Crippen LogP contribution >= 0.6 is 0 Å². The van der Waals surface area contributed by atoms with E-state index in [-0.39, 0.29) is 18.5 Å². The van der Waals surface area contributed by atoms with Gasteiger partial charge in [0.05, 0.1) is 25.4 Å². The van der Waals surface area contributed by atoms with Crippen LogP contribution < -0.4 is 5.32 Å². The van der Waals surface area contributed by atoms with Crippen molar-refractivity contribution in [1.82, 2.24) is 5.32 Å². The van der Waals surface area contributed by atoms with Gasteiger partial charge in [0, 0.05) is 12.8 Å². The number of hydrogen-bond donors (Lipinski definition) is 3. The second-order valence-electron chi connectivity index (χ2n) is 23.5. The van der Waals surface area contributed by atoms with Crippen molar-refractivity contribution in [2.24, 2.45) is 0 Å². The highest BCUT2D eigenvalue weighted by Crippen LogP contribution is 2.19. The van der Waals surface area contributed by atoms with Crippen LogP contribution in [0.1, 0.15) is 380 Å². The van der Waals surface area contributed by atoms with Crippen LogP contribution in [-0.4, -0.2) is 47.4 Å². The number of carbonyl (C=O) groups excluding carboxylic acids is 2. The molecule has 6 heteroatoms. The molecule has 0 aromatic carbocycles. The van der Waals surface area contributed by atoms with Gasteiger partial charge in [0.15, 0.2) is 0 Å². The van der Waals surface area contributed by atoms with Crippen LogP contribution in [0.2, 0.25) is 0 Å². The molecule has 3 N–H and O–H groups in total. The van der Waals surface area contributed by atoms with Crippen molar-refractivity contribution in [3.8, 4) is 0 Å². The molecule has 0 aliphatic rings. The number of aliphatic hydroxyl groups is 2. The van der Waals surface area contributed by atoms with E-state index in [0.717, 1.165) is 44.9 Å². The highest BCUT2D eigenvalue weighted by Gasteiger charge is 2.18. The van der Waals surface area contributed by atoms with Gasteiger partial charge in [-0.3, -0.25) is 9.59 Å². The third-order valence-corrected chi connectivity index (χ3v) is 16.0. The summed E-state index contributed by atoms with van der Waals surface area (Å²) in [5.41, 5.74) is 0. The molecule has 0 fully saturated rings. The Morgan fingerprint density at radius 1 is 0.360 bits per heavy atom. The molecule has 2 atom stereocenters. The average molecular weight is 1060 g/mol. The van der Waals surface area contributed by atoms with Gasteiger partial charge in [0.25, 0.3) is 0 Å². The van der Waals surface area contributed by atoms with E-state index in [2.05, 4.69) is 31.3 Å². The van der Waals surface area contributed by atoms with Gasteiger partial charge in [-0.1, -0.05) is 334 Å². The van der Waals surface area contributed by atoms with E-state index in [1.165, 1.54) is 308 Å². The van der Waals surface area contributed by atoms with Crippen LogP contribution in [0.4, 0.5) is 0 Å². The Balaban J connectivity index is 3.36. The first-order valence-electron chi connectivity index (χ1n) is 34.1. The van der Waals surface area contributed by atoms with Gasteiger partial charge >= 0.3 is 5.97 Å². The normalized spacial score (nSPS) is 12.6. The molecule has 0 bridgehead atoms. The highest BCUT2D eigenvalue weighted by molar-refractivity contribution is 5.76. The second-order valence-corrected chi connectivity index (χ2v) is 23.5. The van der Waals surface area contributed by atoms with E-state index in [0.29, 0.717) is 19.4 Å². The molecular formula is C69H133NO5. The lowest BCUT2D eigenvalue weighted by Gasteiger charge is -2.20. The molecule has 0 aliphatic carbocycles. The van der Waals surface area contributed by atoms with Gasteiger partial charge in [-0.15, -0.1) is 0 Å². The Hall–Kier alpha value is -1.66. The van der Waals surface area contributed by atoms with Crippen molar-refractivity contribution in [2.75, 3.05) is 13.2 Å². The zero-order valence-electron chi connectivity index (χ0n) is 50.8. The quantitative estimate of drug-likeness (QED) is 0.0320. The van der Waals surface area contributed by atoms with Gasteiger partial charge in [0.1, 0.15) is 0 Å². The van der Waals surface area contributed by atoms with Gasteiger partial charge < -0.3 is 20.3 Å². The third kappa shape index (κ3) is 61.4. The van der Waals surface area contributed by atoms with Crippen molar-refractivity contribution >= 4 is 11.9 Å². The third-order valence-electron chi connectivity index (χ3n) is 16.0. The van der Waals surface area contributed by atoms with Crippen LogP contribution in [-0.2, 0) is 14.3 Å². The lowest BCUT2D eigenvalue weighted by molar-refractivity contribution is -0.143. The lowest BCUT2D eigenvalue weighted by Crippen LogP contribution is -2.45. The smallest absolute Gasteiger partial charge is 0.305 e. The maximum Gasteiger partial charge on any atom is 0.305 e. The van der Waals surface area contributed by atoms with Gasteiger partial charge in [0.2, 0.25) is 5.91 Å². The number of rotatable bonds is 64. The molecule has 0 saturated carbocycles. The summed E-state index contributed by atoms with van der Waals surface area (Å²) in [5.74, 6) is -0.0522. The molecule has 444 valence electrons. The molecule has 75 heavy (non-hydrogen) atoms. The molecule has 0 aromatic heterocycles. The minimum Gasteiger partial charge on any atom is -0.466 e. The Morgan fingerprint density at radius 2 is 0.627 bits per heavy atom. The van der Waals surface area contributed by atoms with Crippen molar-refractivity contribution in [1.29, 1.82) is 0 Å². The number of carbonyl (C=O) groups is 2. The summed E-state index contributed by atoms with van der Waals surface area (Å²) in [6.45, 7) is 4.92. The number of nitrogens with one attached hydrogen (secondary N) is 1. The number of aliphatic hydroxyl groups excluding tert-OH is 2. The molecule has 0 aromatic rings. The van der Waals surface area contributed by atoms with Gasteiger partial charge in [-0.25, -0.2) is 0 Å². The molecule has 6 nitrogen and oxygen atoms in total. The van der Waals surface area contributed by atoms with Crippen molar-refractivity contribution in [3.05, 3.63) is 24.3 Å². The van der Waals surface area contributed by atoms with Crippen molar-refractivity contribution in [3.63, 3.8) is 0 Å². The van der Waals surface area contributed by atoms with Gasteiger partial charge in [-0.2, -0.15) is 0 Å². The Morgan fingerprint density at radius 3 is 0.960 bits per heavy atom. The number of unbranched alkanes of at least 4 members (excludes halogenated alkanes) is 51. The van der Waals surface area contributed by atoms with E-state index in [9.17, 15) is 19.8 Å². The standard InChI is InChI=1S/C69H133NO5/c1-3-5-7-9-11-13-15-17-18-31-34-38-41-45-49-53-57-61-67(72)66(65-71)70-68(73)62-58-54-50-46-42-39-35-32-29-27-25-23-21-19-20-22-24-26-28-30-33-36-40-44-48-52-56-60-64-75-69(74)63-59-55-51-47-43-37-16-14-12-10-8-6-4-2/h14,16,57,61,66-67,71-72H,3-13,15,17-56,58-60,62-65H2,1-2H3,(H,70,73)/b16-14-,61-57+. The second kappa shape index (κ2) is 64.9. The molecule has 2 unspecified atom stereocenters. The van der Waals surface area contributed by atoms with Crippen LogP contribution in [0.25, 0.3) is 0 Å². The van der Waals surface area contributed by atoms with E-state index in [1.807, 2.05) is 6.08 Å². The highest BCUT2D eigenvalue weighted by atomic mass is 16.5. The van der Waals surface area contributed by atoms with Crippen molar-refractivity contribution < 1.29 is 24.5 Å². The number of amides is 1. The molecule has 0 spiro atoms. The van der Waals surface area contributed by atoms with E-state index < -0.39 is 12.1 Å². The Kier molecular flexibility index (Phi) is 63.4. The van der Waals surface area contributed by atoms with Crippen LogP contribution in [0, 0.1) is 0 Å². The number of hydrogen-bond acceptors (Lipinski definition) is 5. The summed E-state index contributed by atoms with van der Waals surface area (Å²) in [4.78, 5) is 24.5. The fourth-order valence-electron chi connectivity index (χ4n) is 10.7. The monoisotopic (exact) mass is 1060 g/mol. The average Bonchev–Trinajstić information content (AvgIpc) is 3.41. The lowest BCUT2D eigenvalue weighted by atomic mass is 10.0.